The van der Waals surface area contributed by atoms with Crippen molar-refractivity contribution in [3.8, 4) is 0 Å². The molecule has 0 radical (unpaired) electrons. The summed E-state index contributed by atoms with van der Waals surface area (Å²) in [5.41, 5.74) is 1.24. The molecule has 0 bridgehead atoms. The largest absolute Gasteiger partial charge is 0.340 e. The van der Waals surface area contributed by atoms with E-state index in [2.05, 4.69) is 27.6 Å². The number of aryl methyl sites for hydroxylation is 1. The average molecular weight is 217 g/mol. The molecule has 1 aromatic carbocycles. The molecule has 84 valence electrons. The molecular formula is C12H15N3O. The third kappa shape index (κ3) is 2.67. The Morgan fingerprint density at radius 3 is 2.69 bits per heavy atom. The van der Waals surface area contributed by atoms with Gasteiger partial charge in [-0.2, -0.15) is 4.98 Å². The first kappa shape index (κ1) is 10.8. The highest BCUT2D eigenvalue weighted by Gasteiger charge is 2.10. The minimum atomic E-state index is 0.0951. The lowest BCUT2D eigenvalue weighted by molar-refractivity contribution is 0.379. The Morgan fingerprint density at radius 2 is 2.06 bits per heavy atom. The summed E-state index contributed by atoms with van der Waals surface area (Å²) in [4.78, 5) is 4.18. The topological polar surface area (TPSA) is 51.0 Å². The molecule has 0 amide bonds. The maximum atomic E-state index is 4.94. The maximum Gasteiger partial charge on any atom is 0.223 e. The third-order valence-electron chi connectivity index (χ3n) is 2.39. The van der Waals surface area contributed by atoms with Gasteiger partial charge in [0.2, 0.25) is 5.89 Å². The molecule has 0 spiro atoms. The molecule has 2 aromatic rings. The van der Waals surface area contributed by atoms with Crippen LogP contribution >= 0.6 is 0 Å². The first-order chi connectivity index (χ1) is 7.75. The van der Waals surface area contributed by atoms with Crippen molar-refractivity contribution in [3.63, 3.8) is 0 Å². The van der Waals surface area contributed by atoms with Gasteiger partial charge < -0.3 is 9.84 Å². The van der Waals surface area contributed by atoms with E-state index in [1.165, 1.54) is 5.56 Å². The van der Waals surface area contributed by atoms with E-state index in [0.29, 0.717) is 11.7 Å². The van der Waals surface area contributed by atoms with Crippen LogP contribution in [0.25, 0.3) is 0 Å². The van der Waals surface area contributed by atoms with Gasteiger partial charge in [-0.3, -0.25) is 0 Å². The summed E-state index contributed by atoms with van der Waals surface area (Å²) in [5, 5.41) is 7.22. The third-order valence-corrected chi connectivity index (χ3v) is 2.39. The van der Waals surface area contributed by atoms with Gasteiger partial charge in [-0.05, 0) is 12.5 Å². The van der Waals surface area contributed by atoms with E-state index in [1.54, 1.807) is 6.92 Å². The van der Waals surface area contributed by atoms with Gasteiger partial charge in [0.1, 0.15) is 0 Å². The Balaban J connectivity index is 1.91. The van der Waals surface area contributed by atoms with Crippen LogP contribution in [0.2, 0.25) is 0 Å². The molecule has 0 aliphatic carbocycles. The molecule has 1 N–H and O–H groups in total. The monoisotopic (exact) mass is 217 g/mol. The van der Waals surface area contributed by atoms with Gasteiger partial charge in [0.05, 0.1) is 6.04 Å². The summed E-state index contributed by atoms with van der Waals surface area (Å²) in [7, 11) is 0. The Hall–Kier alpha value is -1.68. The van der Waals surface area contributed by atoms with Crippen molar-refractivity contribution in [2.24, 2.45) is 0 Å². The number of nitrogens with zero attached hydrogens (tertiary/aromatic N) is 2. The summed E-state index contributed by atoms with van der Waals surface area (Å²) < 4.78 is 4.94. The van der Waals surface area contributed by atoms with Crippen LogP contribution < -0.4 is 5.32 Å². The summed E-state index contributed by atoms with van der Waals surface area (Å²) >= 11 is 0. The molecule has 0 saturated carbocycles. The Morgan fingerprint density at radius 1 is 1.31 bits per heavy atom. The zero-order chi connectivity index (χ0) is 11.4. The number of hydrogen-bond acceptors (Lipinski definition) is 4. The quantitative estimate of drug-likeness (QED) is 0.853. The number of aromatic nitrogens is 2. The van der Waals surface area contributed by atoms with E-state index in [4.69, 9.17) is 4.52 Å². The van der Waals surface area contributed by atoms with Crippen molar-refractivity contribution in [3.05, 3.63) is 47.6 Å². The Kier molecular flexibility index (Phi) is 3.31. The van der Waals surface area contributed by atoms with Gasteiger partial charge >= 0.3 is 0 Å². The first-order valence-corrected chi connectivity index (χ1v) is 5.33. The average Bonchev–Trinajstić information content (AvgIpc) is 2.74. The molecule has 1 heterocycles. The van der Waals surface area contributed by atoms with Crippen molar-refractivity contribution in [1.82, 2.24) is 15.5 Å². The van der Waals surface area contributed by atoms with Crippen LogP contribution in [0.5, 0.6) is 0 Å². The fourth-order valence-electron chi connectivity index (χ4n) is 1.45. The van der Waals surface area contributed by atoms with E-state index in [0.717, 1.165) is 6.54 Å². The molecule has 1 unspecified atom stereocenters. The molecular weight excluding hydrogens is 202 g/mol. The molecule has 0 fully saturated rings. The van der Waals surface area contributed by atoms with Crippen LogP contribution in [0.4, 0.5) is 0 Å². The summed E-state index contributed by atoms with van der Waals surface area (Å²) in [6.45, 7) is 4.61. The van der Waals surface area contributed by atoms with Crippen LogP contribution in [-0.4, -0.2) is 10.1 Å². The molecule has 1 atom stereocenters. The fraction of sp³-hybridized carbons (Fsp3) is 0.333. The fourth-order valence-corrected chi connectivity index (χ4v) is 1.45. The second kappa shape index (κ2) is 4.90. The SMILES string of the molecule is Cc1nc(C(C)NCc2ccccc2)no1. The molecule has 0 saturated heterocycles. The van der Waals surface area contributed by atoms with Crippen LogP contribution in [0, 0.1) is 6.92 Å². The van der Waals surface area contributed by atoms with E-state index in [9.17, 15) is 0 Å². The summed E-state index contributed by atoms with van der Waals surface area (Å²) in [6, 6.07) is 10.3. The Labute approximate surface area is 94.7 Å². The van der Waals surface area contributed by atoms with Crippen molar-refractivity contribution < 1.29 is 4.52 Å². The molecule has 0 aliphatic rings. The highest BCUT2D eigenvalue weighted by Crippen LogP contribution is 2.08. The zero-order valence-corrected chi connectivity index (χ0v) is 9.47. The van der Waals surface area contributed by atoms with Gasteiger partial charge in [0.15, 0.2) is 5.82 Å². The zero-order valence-electron chi connectivity index (χ0n) is 9.47. The molecule has 16 heavy (non-hydrogen) atoms. The van der Waals surface area contributed by atoms with Crippen molar-refractivity contribution in [2.45, 2.75) is 26.4 Å². The van der Waals surface area contributed by atoms with Crippen LogP contribution in [0.3, 0.4) is 0 Å². The van der Waals surface area contributed by atoms with E-state index in [1.807, 2.05) is 25.1 Å². The van der Waals surface area contributed by atoms with Crippen LogP contribution in [0.1, 0.15) is 30.2 Å². The minimum absolute atomic E-state index is 0.0951. The lowest BCUT2D eigenvalue weighted by Crippen LogP contribution is -2.19. The van der Waals surface area contributed by atoms with Gasteiger partial charge in [-0.15, -0.1) is 0 Å². The lowest BCUT2D eigenvalue weighted by atomic mass is 10.2. The first-order valence-electron chi connectivity index (χ1n) is 5.33. The van der Waals surface area contributed by atoms with Gasteiger partial charge in [-0.25, -0.2) is 0 Å². The highest BCUT2D eigenvalue weighted by molar-refractivity contribution is 5.14. The second-order valence-corrected chi connectivity index (χ2v) is 3.76. The smallest absolute Gasteiger partial charge is 0.223 e. The molecule has 2 rings (SSSR count). The van der Waals surface area contributed by atoms with E-state index in [-0.39, 0.29) is 6.04 Å². The molecule has 0 aliphatic heterocycles. The normalized spacial score (nSPS) is 12.6. The molecule has 4 nitrogen and oxygen atoms in total. The standard InChI is InChI=1S/C12H15N3O/c1-9(12-14-10(2)16-15-12)13-8-11-6-4-3-5-7-11/h3-7,9,13H,8H2,1-2H3. The number of rotatable bonds is 4. The number of hydrogen-bond donors (Lipinski definition) is 1. The molecule has 4 heteroatoms. The van der Waals surface area contributed by atoms with Crippen molar-refractivity contribution >= 4 is 0 Å². The van der Waals surface area contributed by atoms with E-state index >= 15 is 0 Å². The predicted octanol–water partition coefficient (Wildman–Crippen LogP) is 2.23. The van der Waals surface area contributed by atoms with Crippen molar-refractivity contribution in [2.75, 3.05) is 0 Å². The highest BCUT2D eigenvalue weighted by atomic mass is 16.5. The predicted molar refractivity (Wildman–Crippen MR) is 60.7 cm³/mol. The molecule has 1 aromatic heterocycles. The summed E-state index contributed by atoms with van der Waals surface area (Å²) in [6.07, 6.45) is 0. The maximum absolute atomic E-state index is 4.94. The van der Waals surface area contributed by atoms with E-state index < -0.39 is 0 Å². The number of nitrogens with one attached hydrogen (secondary N) is 1. The Bertz CT molecular complexity index is 439. The van der Waals surface area contributed by atoms with Crippen LogP contribution in [-0.2, 0) is 6.54 Å². The van der Waals surface area contributed by atoms with Crippen LogP contribution in [0.15, 0.2) is 34.9 Å². The lowest BCUT2D eigenvalue weighted by Gasteiger charge is -2.09. The van der Waals surface area contributed by atoms with Gasteiger partial charge in [0.25, 0.3) is 0 Å². The van der Waals surface area contributed by atoms with Gasteiger partial charge in [-0.1, -0.05) is 35.5 Å². The summed E-state index contributed by atoms with van der Waals surface area (Å²) in [5.74, 6) is 1.30. The minimum Gasteiger partial charge on any atom is -0.340 e. The second-order valence-electron chi connectivity index (χ2n) is 3.76. The van der Waals surface area contributed by atoms with Crippen molar-refractivity contribution in [1.29, 1.82) is 0 Å². The number of benzene rings is 1. The van der Waals surface area contributed by atoms with Gasteiger partial charge in [0, 0.05) is 13.5 Å².